The average Bonchev–Trinajstić information content (AvgIpc) is 2.35. The fraction of sp³-hybridized carbons (Fsp3) is 0.500. The largest absolute Gasteiger partial charge is 0.382 e. The standard InChI is InChI=1S/C8H11NO2S/c1-6-4-12-7(9-6)3-8(2,11)5-10/h4-5,11H,3H2,1-2H3. The first-order valence-corrected chi connectivity index (χ1v) is 4.51. The Bertz CT molecular complexity index is 280. The topological polar surface area (TPSA) is 50.2 Å². The minimum atomic E-state index is -1.27. The van der Waals surface area contributed by atoms with E-state index in [0.29, 0.717) is 12.7 Å². The molecule has 0 amide bonds. The molecule has 1 aromatic heterocycles. The summed E-state index contributed by atoms with van der Waals surface area (Å²) in [5.41, 5.74) is -0.346. The molecule has 0 radical (unpaired) electrons. The first-order chi connectivity index (χ1) is 5.53. The van der Waals surface area contributed by atoms with Crippen LogP contribution < -0.4 is 0 Å². The highest BCUT2D eigenvalue weighted by atomic mass is 32.1. The maximum atomic E-state index is 10.4. The molecule has 0 aliphatic heterocycles. The molecule has 12 heavy (non-hydrogen) atoms. The van der Waals surface area contributed by atoms with Crippen LogP contribution in [0.25, 0.3) is 0 Å². The zero-order valence-electron chi connectivity index (χ0n) is 7.07. The van der Waals surface area contributed by atoms with Gasteiger partial charge in [0.05, 0.1) is 5.01 Å². The van der Waals surface area contributed by atoms with E-state index >= 15 is 0 Å². The van der Waals surface area contributed by atoms with Gasteiger partial charge in [-0.25, -0.2) is 4.98 Å². The van der Waals surface area contributed by atoms with Crippen LogP contribution >= 0.6 is 11.3 Å². The van der Waals surface area contributed by atoms with Crippen molar-refractivity contribution in [1.29, 1.82) is 0 Å². The van der Waals surface area contributed by atoms with Crippen LogP contribution in [0.2, 0.25) is 0 Å². The summed E-state index contributed by atoms with van der Waals surface area (Å²) in [5.74, 6) is 0. The lowest BCUT2D eigenvalue weighted by Crippen LogP contribution is -2.28. The van der Waals surface area contributed by atoms with Crippen LogP contribution in [0.1, 0.15) is 17.6 Å². The molecule has 0 aliphatic rings. The Hall–Kier alpha value is -0.740. The van der Waals surface area contributed by atoms with Crippen molar-refractivity contribution in [2.75, 3.05) is 0 Å². The molecule has 1 atom stereocenters. The van der Waals surface area contributed by atoms with E-state index in [0.717, 1.165) is 10.7 Å². The third-order valence-electron chi connectivity index (χ3n) is 1.43. The summed E-state index contributed by atoms with van der Waals surface area (Å²) in [7, 11) is 0. The lowest BCUT2D eigenvalue weighted by atomic mass is 10.1. The minimum Gasteiger partial charge on any atom is -0.382 e. The second-order valence-corrected chi connectivity index (χ2v) is 3.98. The summed E-state index contributed by atoms with van der Waals surface area (Å²) < 4.78 is 0. The van der Waals surface area contributed by atoms with Gasteiger partial charge < -0.3 is 9.90 Å². The van der Waals surface area contributed by atoms with Crippen LogP contribution in [0.15, 0.2) is 5.38 Å². The summed E-state index contributed by atoms with van der Waals surface area (Å²) in [6, 6.07) is 0. The first kappa shape index (κ1) is 9.35. The first-order valence-electron chi connectivity index (χ1n) is 3.63. The summed E-state index contributed by atoms with van der Waals surface area (Å²) >= 11 is 1.46. The SMILES string of the molecule is Cc1csc(CC(C)(O)C=O)n1. The fourth-order valence-corrected chi connectivity index (χ4v) is 1.76. The molecule has 0 aliphatic carbocycles. The Morgan fingerprint density at radius 2 is 2.50 bits per heavy atom. The Kier molecular flexibility index (Phi) is 2.59. The van der Waals surface area contributed by atoms with E-state index < -0.39 is 5.60 Å². The van der Waals surface area contributed by atoms with E-state index in [1.807, 2.05) is 12.3 Å². The van der Waals surface area contributed by atoms with Gasteiger partial charge in [-0.2, -0.15) is 0 Å². The van der Waals surface area contributed by atoms with E-state index in [2.05, 4.69) is 4.98 Å². The number of aldehydes is 1. The number of rotatable bonds is 3. The molecule has 0 bridgehead atoms. The number of aryl methyl sites for hydroxylation is 1. The van der Waals surface area contributed by atoms with Gasteiger partial charge in [0.25, 0.3) is 0 Å². The number of carbonyl (C=O) groups excluding carboxylic acids is 1. The van der Waals surface area contributed by atoms with Gasteiger partial charge in [0.1, 0.15) is 5.60 Å². The summed E-state index contributed by atoms with van der Waals surface area (Å²) in [6.07, 6.45) is 0.846. The van der Waals surface area contributed by atoms with Crippen molar-refractivity contribution in [2.24, 2.45) is 0 Å². The summed E-state index contributed by atoms with van der Waals surface area (Å²) in [6.45, 7) is 3.37. The summed E-state index contributed by atoms with van der Waals surface area (Å²) in [5, 5.41) is 12.1. The molecule has 66 valence electrons. The quantitative estimate of drug-likeness (QED) is 0.713. The minimum absolute atomic E-state index is 0.301. The van der Waals surface area contributed by atoms with E-state index in [-0.39, 0.29) is 0 Å². The van der Waals surface area contributed by atoms with Crippen LogP contribution in [0, 0.1) is 6.92 Å². The third kappa shape index (κ3) is 2.39. The van der Waals surface area contributed by atoms with Crippen molar-refractivity contribution in [3.63, 3.8) is 0 Å². The second kappa shape index (κ2) is 3.33. The highest BCUT2D eigenvalue weighted by Gasteiger charge is 2.21. The number of hydrogen-bond donors (Lipinski definition) is 1. The van der Waals surface area contributed by atoms with Crippen LogP contribution in [0.4, 0.5) is 0 Å². The molecule has 0 aromatic carbocycles. The molecule has 0 spiro atoms. The molecule has 0 saturated carbocycles. The molecule has 0 saturated heterocycles. The van der Waals surface area contributed by atoms with E-state index in [4.69, 9.17) is 0 Å². The number of aromatic nitrogens is 1. The molecular formula is C8H11NO2S. The Labute approximate surface area is 75.1 Å². The average molecular weight is 185 g/mol. The monoisotopic (exact) mass is 185 g/mol. The second-order valence-electron chi connectivity index (χ2n) is 3.03. The highest BCUT2D eigenvalue weighted by Crippen LogP contribution is 2.15. The van der Waals surface area contributed by atoms with Gasteiger partial charge in [-0.1, -0.05) is 0 Å². The van der Waals surface area contributed by atoms with Crippen molar-refractivity contribution in [3.8, 4) is 0 Å². The number of carbonyl (C=O) groups is 1. The van der Waals surface area contributed by atoms with Gasteiger partial charge in [-0.3, -0.25) is 0 Å². The predicted octanol–water partition coefficient (Wildman–Crippen LogP) is 0.944. The molecule has 4 heteroatoms. The van der Waals surface area contributed by atoms with Crippen molar-refractivity contribution in [1.82, 2.24) is 4.98 Å². The molecule has 1 unspecified atom stereocenters. The molecule has 1 rings (SSSR count). The third-order valence-corrected chi connectivity index (χ3v) is 2.40. The number of thiazole rings is 1. The number of aliphatic hydroxyl groups is 1. The van der Waals surface area contributed by atoms with E-state index in [9.17, 15) is 9.90 Å². The fourth-order valence-electron chi connectivity index (χ4n) is 0.832. The van der Waals surface area contributed by atoms with Crippen molar-refractivity contribution >= 4 is 17.6 Å². The smallest absolute Gasteiger partial charge is 0.151 e. The molecule has 3 nitrogen and oxygen atoms in total. The van der Waals surface area contributed by atoms with Gasteiger partial charge >= 0.3 is 0 Å². The van der Waals surface area contributed by atoms with Gasteiger partial charge in [0, 0.05) is 17.5 Å². The Morgan fingerprint density at radius 3 is 2.92 bits per heavy atom. The van der Waals surface area contributed by atoms with Crippen molar-refractivity contribution in [3.05, 3.63) is 16.1 Å². The van der Waals surface area contributed by atoms with E-state index in [1.165, 1.54) is 18.3 Å². The normalized spacial score (nSPS) is 15.6. The number of hydrogen-bond acceptors (Lipinski definition) is 4. The van der Waals surface area contributed by atoms with Gasteiger partial charge in [0.2, 0.25) is 0 Å². The maximum absolute atomic E-state index is 10.4. The zero-order valence-corrected chi connectivity index (χ0v) is 7.89. The van der Waals surface area contributed by atoms with Crippen LogP contribution in [0.5, 0.6) is 0 Å². The Balaban J connectivity index is 2.69. The lowest BCUT2D eigenvalue weighted by Gasteiger charge is -2.12. The molecular weight excluding hydrogens is 174 g/mol. The van der Waals surface area contributed by atoms with Gasteiger partial charge in [-0.05, 0) is 13.8 Å². The molecule has 0 fully saturated rings. The van der Waals surface area contributed by atoms with Crippen molar-refractivity contribution in [2.45, 2.75) is 25.9 Å². The van der Waals surface area contributed by atoms with Crippen LogP contribution in [-0.2, 0) is 11.2 Å². The highest BCUT2D eigenvalue weighted by molar-refractivity contribution is 7.09. The van der Waals surface area contributed by atoms with E-state index in [1.54, 1.807) is 0 Å². The maximum Gasteiger partial charge on any atom is 0.151 e. The summed E-state index contributed by atoms with van der Waals surface area (Å²) in [4.78, 5) is 14.5. The molecule has 1 aromatic rings. The lowest BCUT2D eigenvalue weighted by molar-refractivity contribution is -0.122. The number of nitrogens with zero attached hydrogens (tertiary/aromatic N) is 1. The van der Waals surface area contributed by atoms with Crippen LogP contribution in [0.3, 0.4) is 0 Å². The van der Waals surface area contributed by atoms with Crippen molar-refractivity contribution < 1.29 is 9.90 Å². The van der Waals surface area contributed by atoms with Gasteiger partial charge in [-0.15, -0.1) is 11.3 Å². The van der Waals surface area contributed by atoms with Crippen LogP contribution in [-0.4, -0.2) is 22.0 Å². The van der Waals surface area contributed by atoms with Gasteiger partial charge in [0.15, 0.2) is 6.29 Å². The zero-order chi connectivity index (χ0) is 9.19. The molecule has 1 N–H and O–H groups in total. The Morgan fingerprint density at radius 1 is 1.83 bits per heavy atom. The predicted molar refractivity (Wildman–Crippen MR) is 47.2 cm³/mol. The molecule has 1 heterocycles.